The first-order valence-electron chi connectivity index (χ1n) is 8.90. The predicted octanol–water partition coefficient (Wildman–Crippen LogP) is 2.86. The molecule has 162 valence electrons. The highest BCUT2D eigenvalue weighted by molar-refractivity contribution is 7.89. The fourth-order valence-electron chi connectivity index (χ4n) is 2.98. The number of hydroxylamine groups is 1. The van der Waals surface area contributed by atoms with Crippen LogP contribution in [0.2, 0.25) is 5.02 Å². The number of carbonyl (C=O) groups is 1. The van der Waals surface area contributed by atoms with E-state index in [2.05, 4.69) is 10.3 Å². The summed E-state index contributed by atoms with van der Waals surface area (Å²) in [6, 6.07) is 8.29. The third kappa shape index (κ3) is 5.71. The summed E-state index contributed by atoms with van der Waals surface area (Å²) < 4.78 is 27.1. The van der Waals surface area contributed by atoms with Crippen molar-refractivity contribution in [2.45, 2.75) is 24.3 Å². The normalized spacial score (nSPS) is 17.0. The van der Waals surface area contributed by atoms with Gasteiger partial charge >= 0.3 is 0 Å². The fraction of sp³-hybridized carbons (Fsp3) is 0.263. The van der Waals surface area contributed by atoms with Crippen LogP contribution >= 0.6 is 24.0 Å². The topological polar surface area (TPSA) is 112 Å². The molecular formula is C19H22Cl2N4O4S. The third-order valence-corrected chi connectivity index (χ3v) is 6.72. The third-order valence-electron chi connectivity index (χ3n) is 4.55. The zero-order valence-electron chi connectivity index (χ0n) is 16.1. The van der Waals surface area contributed by atoms with Gasteiger partial charge in [0, 0.05) is 31.4 Å². The zero-order chi connectivity index (χ0) is 21.0. The van der Waals surface area contributed by atoms with Gasteiger partial charge in [0.25, 0.3) is 5.91 Å². The van der Waals surface area contributed by atoms with E-state index in [1.165, 1.54) is 22.1 Å². The molecule has 0 aliphatic carbocycles. The van der Waals surface area contributed by atoms with Crippen molar-refractivity contribution >= 4 is 51.8 Å². The van der Waals surface area contributed by atoms with Gasteiger partial charge in [-0.1, -0.05) is 29.3 Å². The van der Waals surface area contributed by atoms with Gasteiger partial charge in [0.2, 0.25) is 10.0 Å². The molecule has 3 N–H and O–H groups in total. The number of nitrogens with one attached hydrogen (secondary N) is 2. The lowest BCUT2D eigenvalue weighted by Gasteiger charge is -2.18. The van der Waals surface area contributed by atoms with E-state index in [0.29, 0.717) is 35.9 Å². The number of hydrogen-bond donors (Lipinski definition) is 3. The number of aromatic nitrogens is 1. The minimum absolute atomic E-state index is 0. The van der Waals surface area contributed by atoms with Gasteiger partial charge in [-0.2, -0.15) is 4.31 Å². The van der Waals surface area contributed by atoms with Gasteiger partial charge in [-0.05, 0) is 43.2 Å². The van der Waals surface area contributed by atoms with Crippen molar-refractivity contribution in [3.63, 3.8) is 0 Å². The van der Waals surface area contributed by atoms with Crippen LogP contribution in [0.25, 0.3) is 6.08 Å². The Morgan fingerprint density at radius 2 is 2.03 bits per heavy atom. The van der Waals surface area contributed by atoms with E-state index in [0.717, 1.165) is 11.6 Å². The zero-order valence-corrected chi connectivity index (χ0v) is 18.5. The number of hydrogen-bond acceptors (Lipinski definition) is 6. The summed E-state index contributed by atoms with van der Waals surface area (Å²) in [7, 11) is -3.54. The van der Waals surface area contributed by atoms with E-state index in [1.807, 2.05) is 6.92 Å². The number of rotatable bonds is 6. The molecule has 8 nitrogen and oxygen atoms in total. The molecule has 0 radical (unpaired) electrons. The van der Waals surface area contributed by atoms with Crippen LogP contribution in [-0.2, 0) is 14.8 Å². The lowest BCUT2D eigenvalue weighted by Crippen LogP contribution is -2.31. The Morgan fingerprint density at radius 1 is 1.33 bits per heavy atom. The molecule has 3 rings (SSSR count). The molecule has 1 amide bonds. The van der Waals surface area contributed by atoms with E-state index in [1.54, 1.807) is 30.3 Å². The highest BCUT2D eigenvalue weighted by atomic mass is 35.5. The van der Waals surface area contributed by atoms with Gasteiger partial charge in [-0.15, -0.1) is 12.4 Å². The van der Waals surface area contributed by atoms with Crippen LogP contribution in [0, 0.1) is 6.92 Å². The van der Waals surface area contributed by atoms with Crippen molar-refractivity contribution in [1.29, 1.82) is 0 Å². The Bertz CT molecular complexity index is 1030. The molecule has 0 saturated carbocycles. The Labute approximate surface area is 186 Å². The highest BCUT2D eigenvalue weighted by Gasteiger charge is 2.32. The average molecular weight is 473 g/mol. The Balaban J connectivity index is 0.00000320. The first-order valence-corrected chi connectivity index (χ1v) is 10.7. The standard InChI is InChI=1S/C19H21ClN4O4S.ClH/c1-13-2-5-16(6-3-13)29(27,28)24-9-8-15(12-24)22-19-17(20)10-14(11-21-19)4-7-18(25)23-26;/h2-7,10-11,15,26H,8-9,12H2,1H3,(H,21,22)(H,23,25);1H/b7-4+;/t15-;/m1./s1. The number of carbonyl (C=O) groups excluding carboxylic acids is 1. The molecule has 11 heteroatoms. The number of sulfonamides is 1. The number of anilines is 1. The van der Waals surface area contributed by atoms with E-state index in [-0.39, 0.29) is 23.3 Å². The summed E-state index contributed by atoms with van der Waals surface area (Å²) in [5.74, 6) is -0.223. The van der Waals surface area contributed by atoms with Crippen molar-refractivity contribution < 1.29 is 18.4 Å². The van der Waals surface area contributed by atoms with Crippen LogP contribution in [-0.4, -0.2) is 48.0 Å². The molecule has 0 bridgehead atoms. The minimum atomic E-state index is -3.54. The smallest absolute Gasteiger partial charge is 0.267 e. The summed E-state index contributed by atoms with van der Waals surface area (Å²) in [6.07, 6.45) is 4.75. The number of aryl methyl sites for hydroxylation is 1. The van der Waals surface area contributed by atoms with Gasteiger partial charge in [0.15, 0.2) is 0 Å². The molecule has 0 spiro atoms. The maximum Gasteiger partial charge on any atom is 0.267 e. The van der Waals surface area contributed by atoms with Crippen molar-refractivity contribution in [2.75, 3.05) is 18.4 Å². The van der Waals surface area contributed by atoms with Crippen LogP contribution in [0.3, 0.4) is 0 Å². The molecule has 2 heterocycles. The lowest BCUT2D eigenvalue weighted by atomic mass is 10.2. The SMILES string of the molecule is Cc1ccc(S(=O)(=O)N2CC[C@@H](Nc3ncc(/C=C/C(=O)NO)cc3Cl)C2)cc1.Cl. The molecule has 30 heavy (non-hydrogen) atoms. The molecule has 1 saturated heterocycles. The number of amides is 1. The first-order chi connectivity index (χ1) is 13.8. The van der Waals surface area contributed by atoms with Crippen molar-refractivity contribution in [3.05, 3.63) is 58.8 Å². The second kappa shape index (κ2) is 10.2. The average Bonchev–Trinajstić information content (AvgIpc) is 3.18. The van der Waals surface area contributed by atoms with Crippen molar-refractivity contribution in [2.24, 2.45) is 0 Å². The summed E-state index contributed by atoms with van der Waals surface area (Å²) >= 11 is 6.25. The van der Waals surface area contributed by atoms with Crippen LogP contribution in [0.1, 0.15) is 17.5 Å². The van der Waals surface area contributed by atoms with Crippen LogP contribution in [0.4, 0.5) is 5.82 Å². The molecule has 1 aliphatic rings. The predicted molar refractivity (Wildman–Crippen MR) is 117 cm³/mol. The van der Waals surface area contributed by atoms with Gasteiger partial charge in [0.05, 0.1) is 9.92 Å². The first kappa shape index (κ1) is 24.1. The maximum atomic E-state index is 12.8. The van der Waals surface area contributed by atoms with Crippen LogP contribution < -0.4 is 10.8 Å². The number of benzene rings is 1. The van der Waals surface area contributed by atoms with Crippen LogP contribution in [0.15, 0.2) is 47.5 Å². The lowest BCUT2D eigenvalue weighted by molar-refractivity contribution is -0.124. The van der Waals surface area contributed by atoms with Crippen molar-refractivity contribution in [3.8, 4) is 0 Å². The molecule has 1 fully saturated rings. The maximum absolute atomic E-state index is 12.8. The Hall–Kier alpha value is -2.17. The van der Waals surface area contributed by atoms with E-state index in [9.17, 15) is 13.2 Å². The highest BCUT2D eigenvalue weighted by Crippen LogP contribution is 2.26. The minimum Gasteiger partial charge on any atom is -0.365 e. The molecule has 0 unspecified atom stereocenters. The second-order valence-electron chi connectivity index (χ2n) is 6.71. The number of halogens is 2. The van der Waals surface area contributed by atoms with Gasteiger partial charge < -0.3 is 5.32 Å². The van der Waals surface area contributed by atoms with E-state index < -0.39 is 15.9 Å². The van der Waals surface area contributed by atoms with Gasteiger partial charge in [0.1, 0.15) is 5.82 Å². The van der Waals surface area contributed by atoms with Crippen LogP contribution in [0.5, 0.6) is 0 Å². The quantitative estimate of drug-likeness (QED) is 0.338. The molecule has 1 aromatic heterocycles. The Morgan fingerprint density at radius 3 is 2.67 bits per heavy atom. The van der Waals surface area contributed by atoms with E-state index in [4.69, 9.17) is 16.8 Å². The largest absolute Gasteiger partial charge is 0.365 e. The molecule has 1 atom stereocenters. The summed E-state index contributed by atoms with van der Waals surface area (Å²) in [5.41, 5.74) is 3.08. The fourth-order valence-corrected chi connectivity index (χ4v) is 4.71. The van der Waals surface area contributed by atoms with Gasteiger partial charge in [-0.3, -0.25) is 10.0 Å². The molecule has 1 aromatic carbocycles. The molecule has 1 aliphatic heterocycles. The summed E-state index contributed by atoms with van der Waals surface area (Å²) in [6.45, 7) is 2.63. The van der Waals surface area contributed by atoms with Gasteiger partial charge in [-0.25, -0.2) is 18.9 Å². The molecular weight excluding hydrogens is 451 g/mol. The van der Waals surface area contributed by atoms with E-state index >= 15 is 0 Å². The second-order valence-corrected chi connectivity index (χ2v) is 9.06. The number of pyridine rings is 1. The molecule has 2 aromatic rings. The summed E-state index contributed by atoms with van der Waals surface area (Å²) in [4.78, 5) is 15.6. The van der Waals surface area contributed by atoms with Crippen molar-refractivity contribution in [1.82, 2.24) is 14.8 Å². The summed E-state index contributed by atoms with van der Waals surface area (Å²) in [5, 5.41) is 12.0. The Kier molecular flexibility index (Phi) is 8.22. The monoisotopic (exact) mass is 472 g/mol. The number of nitrogens with zero attached hydrogens (tertiary/aromatic N) is 2.